The Labute approximate surface area is 103 Å². The topological polar surface area (TPSA) is 26.3 Å². The van der Waals surface area contributed by atoms with Gasteiger partial charge in [-0.3, -0.25) is 4.79 Å². The maximum absolute atomic E-state index is 12.1. The molecule has 92 valence electrons. The Bertz CT molecular complexity index is 417. The van der Waals surface area contributed by atoms with Crippen molar-refractivity contribution in [3.8, 4) is 5.75 Å². The molecule has 2 nitrogen and oxygen atoms in total. The van der Waals surface area contributed by atoms with E-state index < -0.39 is 0 Å². The summed E-state index contributed by atoms with van der Waals surface area (Å²) in [5.41, 5.74) is 1.88. The van der Waals surface area contributed by atoms with Crippen molar-refractivity contribution < 1.29 is 9.53 Å². The second-order valence-corrected chi connectivity index (χ2v) is 5.14. The molecule has 1 aliphatic rings. The van der Waals surface area contributed by atoms with Crippen LogP contribution in [0.2, 0.25) is 0 Å². The van der Waals surface area contributed by atoms with Gasteiger partial charge in [0.25, 0.3) is 0 Å². The average Bonchev–Trinajstić information content (AvgIpc) is 2.17. The van der Waals surface area contributed by atoms with E-state index in [-0.39, 0.29) is 12.0 Å². The number of benzene rings is 1. The molecule has 0 radical (unpaired) electrons. The van der Waals surface area contributed by atoms with Gasteiger partial charge in [-0.1, -0.05) is 6.42 Å². The van der Waals surface area contributed by atoms with E-state index in [1.807, 2.05) is 39.0 Å². The second kappa shape index (κ2) is 4.91. The molecule has 2 rings (SSSR count). The molecule has 0 aromatic heterocycles. The third-order valence-electron chi connectivity index (χ3n) is 3.30. The lowest BCUT2D eigenvalue weighted by Gasteiger charge is -2.24. The number of Topliss-reactive ketones (excluding diaryl/α,β-unsaturated/α-hetero) is 1. The monoisotopic (exact) mass is 232 g/mol. The maximum atomic E-state index is 12.1. The van der Waals surface area contributed by atoms with Gasteiger partial charge in [-0.2, -0.15) is 0 Å². The summed E-state index contributed by atoms with van der Waals surface area (Å²) in [5.74, 6) is 1.45. The Kier molecular flexibility index (Phi) is 3.51. The van der Waals surface area contributed by atoms with Crippen LogP contribution in [0.25, 0.3) is 0 Å². The van der Waals surface area contributed by atoms with Crippen molar-refractivity contribution in [3.63, 3.8) is 0 Å². The summed E-state index contributed by atoms with van der Waals surface area (Å²) in [7, 11) is 0. The number of carbonyl (C=O) groups excluding carboxylic acids is 1. The van der Waals surface area contributed by atoms with E-state index in [1.165, 1.54) is 6.42 Å². The maximum Gasteiger partial charge on any atom is 0.165 e. The van der Waals surface area contributed by atoms with Gasteiger partial charge in [0.15, 0.2) is 5.78 Å². The third-order valence-corrected chi connectivity index (χ3v) is 3.30. The Morgan fingerprint density at radius 2 is 2.06 bits per heavy atom. The average molecular weight is 232 g/mol. The predicted molar refractivity (Wildman–Crippen MR) is 68.6 cm³/mol. The minimum Gasteiger partial charge on any atom is -0.491 e. The number of rotatable bonds is 4. The molecular weight excluding hydrogens is 212 g/mol. The molecule has 0 amide bonds. The van der Waals surface area contributed by atoms with Crippen LogP contribution >= 0.6 is 0 Å². The van der Waals surface area contributed by atoms with Crippen LogP contribution in [0.3, 0.4) is 0 Å². The highest BCUT2D eigenvalue weighted by molar-refractivity contribution is 5.98. The number of ether oxygens (including phenoxy) is 1. The van der Waals surface area contributed by atoms with Gasteiger partial charge in [0.05, 0.1) is 6.10 Å². The fraction of sp³-hybridized carbons (Fsp3) is 0.533. The highest BCUT2D eigenvalue weighted by atomic mass is 16.5. The van der Waals surface area contributed by atoms with E-state index in [9.17, 15) is 4.79 Å². The van der Waals surface area contributed by atoms with E-state index in [0.717, 1.165) is 29.7 Å². The Hall–Kier alpha value is -1.31. The molecule has 0 N–H and O–H groups in total. The first-order chi connectivity index (χ1) is 8.08. The van der Waals surface area contributed by atoms with Crippen molar-refractivity contribution in [1.82, 2.24) is 0 Å². The molecule has 2 heteroatoms. The van der Waals surface area contributed by atoms with Crippen molar-refractivity contribution in [2.24, 2.45) is 5.92 Å². The summed E-state index contributed by atoms with van der Waals surface area (Å²) in [5, 5.41) is 0. The van der Waals surface area contributed by atoms with Crippen LogP contribution in [0.4, 0.5) is 0 Å². The Morgan fingerprint density at radius 1 is 1.35 bits per heavy atom. The number of hydrogen-bond acceptors (Lipinski definition) is 2. The second-order valence-electron chi connectivity index (χ2n) is 5.14. The summed E-state index contributed by atoms with van der Waals surface area (Å²) in [4.78, 5) is 12.1. The van der Waals surface area contributed by atoms with Crippen LogP contribution in [0.1, 0.15) is 49.0 Å². The molecule has 0 unspecified atom stereocenters. The lowest BCUT2D eigenvalue weighted by atomic mass is 9.80. The molecular formula is C15H20O2. The normalized spacial score (nSPS) is 15.8. The number of aryl methyl sites for hydroxylation is 1. The van der Waals surface area contributed by atoms with E-state index in [4.69, 9.17) is 4.74 Å². The van der Waals surface area contributed by atoms with Crippen molar-refractivity contribution in [1.29, 1.82) is 0 Å². The molecule has 17 heavy (non-hydrogen) atoms. The number of hydrogen-bond donors (Lipinski definition) is 0. The molecule has 0 atom stereocenters. The first-order valence-corrected chi connectivity index (χ1v) is 6.39. The van der Waals surface area contributed by atoms with Crippen molar-refractivity contribution >= 4 is 5.78 Å². The van der Waals surface area contributed by atoms with Gasteiger partial charge in [0, 0.05) is 11.5 Å². The van der Waals surface area contributed by atoms with Gasteiger partial charge in [0.2, 0.25) is 0 Å². The van der Waals surface area contributed by atoms with Crippen LogP contribution in [-0.4, -0.2) is 11.9 Å². The van der Waals surface area contributed by atoms with Crippen LogP contribution in [0, 0.1) is 12.8 Å². The number of carbonyl (C=O) groups is 1. The molecule has 0 saturated heterocycles. The van der Waals surface area contributed by atoms with E-state index >= 15 is 0 Å². The molecule has 1 aliphatic carbocycles. The van der Waals surface area contributed by atoms with Crippen LogP contribution < -0.4 is 4.74 Å². The van der Waals surface area contributed by atoms with Crippen LogP contribution in [-0.2, 0) is 0 Å². The summed E-state index contributed by atoms with van der Waals surface area (Å²) in [6, 6.07) is 5.77. The van der Waals surface area contributed by atoms with Crippen molar-refractivity contribution in [3.05, 3.63) is 29.3 Å². The lowest BCUT2D eigenvalue weighted by molar-refractivity contribution is 0.0855. The first kappa shape index (κ1) is 12.2. The fourth-order valence-corrected chi connectivity index (χ4v) is 2.09. The zero-order valence-corrected chi connectivity index (χ0v) is 10.8. The zero-order valence-electron chi connectivity index (χ0n) is 10.8. The summed E-state index contributed by atoms with van der Waals surface area (Å²) < 4.78 is 5.67. The zero-order chi connectivity index (χ0) is 12.4. The molecule has 0 bridgehead atoms. The molecule has 1 aromatic carbocycles. The quantitative estimate of drug-likeness (QED) is 0.739. The Balaban J connectivity index is 2.15. The molecule has 0 aliphatic heterocycles. The van der Waals surface area contributed by atoms with Gasteiger partial charge in [-0.25, -0.2) is 0 Å². The molecule has 1 fully saturated rings. The molecule has 1 aromatic rings. The van der Waals surface area contributed by atoms with Crippen molar-refractivity contribution in [2.75, 3.05) is 0 Å². The highest BCUT2D eigenvalue weighted by Crippen LogP contribution is 2.31. The van der Waals surface area contributed by atoms with Gasteiger partial charge in [0.1, 0.15) is 5.75 Å². The molecule has 0 spiro atoms. The Morgan fingerprint density at radius 3 is 2.53 bits per heavy atom. The summed E-state index contributed by atoms with van der Waals surface area (Å²) in [6.07, 6.45) is 3.48. The predicted octanol–water partition coefficient (Wildman–Crippen LogP) is 3.77. The van der Waals surface area contributed by atoms with Gasteiger partial charge < -0.3 is 4.74 Å². The SMILES string of the molecule is Cc1cc(C(=O)C2CCC2)ccc1OC(C)C. The molecule has 0 heterocycles. The van der Waals surface area contributed by atoms with Crippen LogP contribution in [0.5, 0.6) is 5.75 Å². The minimum atomic E-state index is 0.168. The van der Waals surface area contributed by atoms with Gasteiger partial charge in [-0.05, 0) is 57.4 Å². The van der Waals surface area contributed by atoms with E-state index in [2.05, 4.69) is 0 Å². The summed E-state index contributed by atoms with van der Waals surface area (Å²) in [6.45, 7) is 6.01. The van der Waals surface area contributed by atoms with Crippen LogP contribution in [0.15, 0.2) is 18.2 Å². The minimum absolute atomic E-state index is 0.168. The largest absolute Gasteiger partial charge is 0.491 e. The highest BCUT2D eigenvalue weighted by Gasteiger charge is 2.26. The van der Waals surface area contributed by atoms with Gasteiger partial charge >= 0.3 is 0 Å². The third kappa shape index (κ3) is 2.68. The van der Waals surface area contributed by atoms with E-state index in [0.29, 0.717) is 5.78 Å². The first-order valence-electron chi connectivity index (χ1n) is 6.39. The fourth-order valence-electron chi connectivity index (χ4n) is 2.09. The molecule has 1 saturated carbocycles. The van der Waals surface area contributed by atoms with Gasteiger partial charge in [-0.15, -0.1) is 0 Å². The standard InChI is InChI=1S/C15H20O2/c1-10(2)17-14-8-7-13(9-11(14)3)15(16)12-5-4-6-12/h7-10,12H,4-6H2,1-3H3. The van der Waals surface area contributed by atoms with Crippen molar-refractivity contribution in [2.45, 2.75) is 46.1 Å². The lowest BCUT2D eigenvalue weighted by Crippen LogP contribution is -2.22. The number of ketones is 1. The van der Waals surface area contributed by atoms with E-state index in [1.54, 1.807) is 0 Å². The smallest absolute Gasteiger partial charge is 0.165 e. The summed E-state index contributed by atoms with van der Waals surface area (Å²) >= 11 is 0.